The van der Waals surface area contributed by atoms with Crippen LogP contribution in [-0.4, -0.2) is 55.2 Å². The maximum Gasteiger partial charge on any atom is 0.229 e. The van der Waals surface area contributed by atoms with Gasteiger partial charge >= 0.3 is 0 Å². The van der Waals surface area contributed by atoms with Crippen LogP contribution in [-0.2, 0) is 0 Å². The summed E-state index contributed by atoms with van der Waals surface area (Å²) in [5.41, 5.74) is 0.652. The molecule has 1 saturated heterocycles. The molecule has 8 heteroatoms. The Bertz CT molecular complexity index is 956. The van der Waals surface area contributed by atoms with E-state index in [9.17, 15) is 4.39 Å². The fourth-order valence-corrected chi connectivity index (χ4v) is 3.25. The van der Waals surface area contributed by atoms with Gasteiger partial charge in [0.25, 0.3) is 0 Å². The quantitative estimate of drug-likeness (QED) is 0.715. The van der Waals surface area contributed by atoms with Gasteiger partial charge in [0.1, 0.15) is 23.3 Å². The molecule has 4 rings (SSSR count). The summed E-state index contributed by atoms with van der Waals surface area (Å²) < 4.78 is 13.5. The van der Waals surface area contributed by atoms with Gasteiger partial charge in [-0.05, 0) is 30.3 Å². The average molecular weight is 393 g/mol. The fourth-order valence-electron chi connectivity index (χ4n) is 3.25. The topological polar surface area (TPSA) is 60.4 Å². The molecule has 29 heavy (non-hydrogen) atoms. The van der Waals surface area contributed by atoms with Gasteiger partial charge in [-0.2, -0.15) is 9.97 Å². The molecule has 0 radical (unpaired) electrons. The normalized spacial score (nSPS) is 14.0. The highest BCUT2D eigenvalue weighted by Gasteiger charge is 2.21. The van der Waals surface area contributed by atoms with Crippen LogP contribution < -0.4 is 20.0 Å². The molecule has 0 saturated carbocycles. The lowest BCUT2D eigenvalue weighted by atomic mass is 10.3. The largest absolute Gasteiger partial charge is 0.363 e. The van der Waals surface area contributed by atoms with Gasteiger partial charge in [-0.1, -0.05) is 12.1 Å². The molecule has 1 aliphatic rings. The van der Waals surface area contributed by atoms with Gasteiger partial charge < -0.3 is 20.0 Å². The van der Waals surface area contributed by atoms with Crippen LogP contribution in [0.3, 0.4) is 0 Å². The lowest BCUT2D eigenvalue weighted by molar-refractivity contribution is 0.628. The first kappa shape index (κ1) is 18.9. The second-order valence-electron chi connectivity index (χ2n) is 7.10. The van der Waals surface area contributed by atoms with E-state index in [0.29, 0.717) is 17.5 Å². The second-order valence-corrected chi connectivity index (χ2v) is 7.10. The zero-order chi connectivity index (χ0) is 20.2. The van der Waals surface area contributed by atoms with E-state index < -0.39 is 0 Å². The number of hydrogen-bond donors (Lipinski definition) is 1. The zero-order valence-electron chi connectivity index (χ0n) is 16.6. The first-order valence-electron chi connectivity index (χ1n) is 9.58. The monoisotopic (exact) mass is 393 g/mol. The van der Waals surface area contributed by atoms with Crippen LogP contribution in [0.4, 0.5) is 33.5 Å². The molecule has 150 valence electrons. The minimum atomic E-state index is -0.289. The fraction of sp³-hybridized carbons (Fsp3) is 0.286. The predicted octanol–water partition coefficient (Wildman–Crippen LogP) is 3.15. The van der Waals surface area contributed by atoms with Crippen LogP contribution in [0.1, 0.15) is 0 Å². The first-order chi connectivity index (χ1) is 14.1. The van der Waals surface area contributed by atoms with Crippen molar-refractivity contribution in [2.24, 2.45) is 0 Å². The van der Waals surface area contributed by atoms with Crippen molar-refractivity contribution < 1.29 is 4.39 Å². The Labute approximate surface area is 169 Å². The minimum absolute atomic E-state index is 0.289. The second kappa shape index (κ2) is 8.30. The molecule has 7 nitrogen and oxygen atoms in total. The summed E-state index contributed by atoms with van der Waals surface area (Å²) in [4.78, 5) is 20.2. The smallest absolute Gasteiger partial charge is 0.229 e. The minimum Gasteiger partial charge on any atom is -0.363 e. The predicted molar refractivity (Wildman–Crippen MR) is 115 cm³/mol. The summed E-state index contributed by atoms with van der Waals surface area (Å²) in [5, 5.41) is 3.19. The molecule has 1 aromatic carbocycles. The van der Waals surface area contributed by atoms with E-state index in [-0.39, 0.29) is 5.82 Å². The maximum absolute atomic E-state index is 13.5. The Morgan fingerprint density at radius 1 is 0.931 bits per heavy atom. The van der Waals surface area contributed by atoms with E-state index >= 15 is 0 Å². The molecule has 0 aliphatic carbocycles. The number of anilines is 5. The molecule has 1 fully saturated rings. The van der Waals surface area contributed by atoms with Crippen molar-refractivity contribution in [3.05, 3.63) is 60.5 Å². The Kier molecular flexibility index (Phi) is 5.41. The van der Waals surface area contributed by atoms with Crippen LogP contribution in [0.25, 0.3) is 0 Å². The van der Waals surface area contributed by atoms with E-state index in [1.807, 2.05) is 55.5 Å². The molecular formula is C21H24FN7. The van der Waals surface area contributed by atoms with Crippen molar-refractivity contribution in [1.29, 1.82) is 0 Å². The van der Waals surface area contributed by atoms with E-state index in [2.05, 4.69) is 25.1 Å². The summed E-state index contributed by atoms with van der Waals surface area (Å²) in [5.74, 6) is 2.79. The molecule has 3 heterocycles. The average Bonchev–Trinajstić information content (AvgIpc) is 2.74. The van der Waals surface area contributed by atoms with E-state index in [4.69, 9.17) is 4.98 Å². The number of halogens is 1. The van der Waals surface area contributed by atoms with Crippen molar-refractivity contribution in [2.75, 3.05) is 60.3 Å². The van der Waals surface area contributed by atoms with E-state index in [1.54, 1.807) is 6.07 Å². The van der Waals surface area contributed by atoms with E-state index in [0.717, 1.165) is 37.8 Å². The standard InChI is InChI=1S/C21H24FN7/c1-27(2)20-15-18(24-17-7-5-6-16(22)14-17)25-21(26-20)29-12-10-28(11-13-29)19-8-3-4-9-23-19/h3-9,14-15H,10-13H2,1-2H3,(H,24,25,26). The van der Waals surface area contributed by atoms with Gasteiger partial charge in [0.15, 0.2) is 0 Å². The Hall–Kier alpha value is -3.42. The lowest BCUT2D eigenvalue weighted by Crippen LogP contribution is -2.47. The number of rotatable bonds is 5. The summed E-state index contributed by atoms with van der Waals surface area (Å²) in [6, 6.07) is 14.2. The molecule has 1 aliphatic heterocycles. The molecular weight excluding hydrogens is 369 g/mol. The number of benzene rings is 1. The van der Waals surface area contributed by atoms with E-state index in [1.165, 1.54) is 12.1 Å². The highest BCUT2D eigenvalue weighted by Crippen LogP contribution is 2.24. The Morgan fingerprint density at radius 2 is 1.72 bits per heavy atom. The summed E-state index contributed by atoms with van der Waals surface area (Å²) in [6.07, 6.45) is 1.82. The van der Waals surface area contributed by atoms with Gasteiger partial charge in [0.2, 0.25) is 5.95 Å². The molecule has 0 bridgehead atoms. The zero-order valence-corrected chi connectivity index (χ0v) is 16.6. The van der Waals surface area contributed by atoms with Crippen LogP contribution in [0.15, 0.2) is 54.7 Å². The molecule has 1 N–H and O–H groups in total. The summed E-state index contributed by atoms with van der Waals surface area (Å²) in [7, 11) is 3.88. The molecule has 0 spiro atoms. The number of nitrogens with one attached hydrogen (secondary N) is 1. The van der Waals surface area contributed by atoms with Crippen molar-refractivity contribution in [1.82, 2.24) is 15.0 Å². The van der Waals surface area contributed by atoms with Crippen molar-refractivity contribution in [3.8, 4) is 0 Å². The van der Waals surface area contributed by atoms with Crippen LogP contribution in [0.5, 0.6) is 0 Å². The van der Waals surface area contributed by atoms with Crippen LogP contribution in [0.2, 0.25) is 0 Å². The third kappa shape index (κ3) is 4.53. The van der Waals surface area contributed by atoms with Gasteiger partial charge in [-0.25, -0.2) is 9.37 Å². The number of piperazine rings is 1. The van der Waals surface area contributed by atoms with Gasteiger partial charge in [-0.15, -0.1) is 0 Å². The van der Waals surface area contributed by atoms with Crippen LogP contribution in [0, 0.1) is 5.82 Å². The van der Waals surface area contributed by atoms with Gasteiger partial charge in [0.05, 0.1) is 0 Å². The molecule has 0 unspecified atom stereocenters. The van der Waals surface area contributed by atoms with Crippen molar-refractivity contribution >= 4 is 29.1 Å². The summed E-state index contributed by atoms with van der Waals surface area (Å²) in [6.45, 7) is 3.29. The molecule has 0 atom stereocenters. The van der Waals surface area contributed by atoms with Gasteiger partial charge in [-0.3, -0.25) is 0 Å². The first-order valence-corrected chi connectivity index (χ1v) is 9.58. The third-order valence-corrected chi connectivity index (χ3v) is 4.79. The highest BCUT2D eigenvalue weighted by atomic mass is 19.1. The van der Waals surface area contributed by atoms with Crippen molar-refractivity contribution in [2.45, 2.75) is 0 Å². The maximum atomic E-state index is 13.5. The Morgan fingerprint density at radius 3 is 2.41 bits per heavy atom. The summed E-state index contributed by atoms with van der Waals surface area (Å²) >= 11 is 0. The molecule has 0 amide bonds. The van der Waals surface area contributed by atoms with Gasteiger partial charge in [0, 0.05) is 58.2 Å². The third-order valence-electron chi connectivity index (χ3n) is 4.79. The number of nitrogens with zero attached hydrogens (tertiary/aromatic N) is 6. The molecule has 2 aromatic heterocycles. The number of pyridine rings is 1. The highest BCUT2D eigenvalue weighted by molar-refractivity contribution is 5.62. The van der Waals surface area contributed by atoms with Crippen molar-refractivity contribution in [3.63, 3.8) is 0 Å². The van der Waals surface area contributed by atoms with Crippen LogP contribution >= 0.6 is 0 Å². The Balaban J connectivity index is 1.53. The lowest BCUT2D eigenvalue weighted by Gasteiger charge is -2.35. The number of hydrogen-bond acceptors (Lipinski definition) is 7. The SMILES string of the molecule is CN(C)c1cc(Nc2cccc(F)c2)nc(N2CCN(c3ccccn3)CC2)n1. The molecule has 3 aromatic rings. The number of aromatic nitrogens is 3.